The number of benzene rings is 9. The Morgan fingerprint density at radius 3 is 1.44 bits per heavy atom. The van der Waals surface area contributed by atoms with Crippen molar-refractivity contribution in [2.75, 3.05) is 14.1 Å². The van der Waals surface area contributed by atoms with Crippen molar-refractivity contribution >= 4 is 83.1 Å². The molecule has 13 rings (SSSR count). The number of hydrogen-bond acceptors (Lipinski definition) is 7. The minimum absolute atomic E-state index is 0. The summed E-state index contributed by atoms with van der Waals surface area (Å²) in [6, 6.07) is 87.1. The average Bonchev–Trinajstić information content (AvgIpc) is 0.851. The van der Waals surface area contributed by atoms with Gasteiger partial charge in [-0.1, -0.05) is 301 Å². The number of carbonyl (C=O) groups is 3. The number of ketones is 2. The van der Waals surface area contributed by atoms with Crippen LogP contribution in [0.25, 0.3) is 0 Å². The molecular formula is C91H114B2N6O4S2. The molecular weight excluding hydrogens is 1330 g/mol. The fourth-order valence-electron chi connectivity index (χ4n) is 13.0. The summed E-state index contributed by atoms with van der Waals surface area (Å²) in [5, 5.41) is 7.17. The van der Waals surface area contributed by atoms with Gasteiger partial charge in [-0.05, 0) is 111 Å². The molecule has 1 aromatic heterocycles. The first-order chi connectivity index (χ1) is 51.0. The number of hydrogen-bond donors (Lipinski definition) is 2. The molecule has 1 atom stereocenters. The number of aliphatic imine (C=N–C) groups is 1. The lowest BCUT2D eigenvalue weighted by atomic mass is 9.14. The van der Waals surface area contributed by atoms with E-state index in [1.54, 1.807) is 61.2 Å². The molecule has 105 heavy (non-hydrogen) atoms. The number of amidine groups is 1. The first-order valence-corrected chi connectivity index (χ1v) is 40.2. The molecule has 3 aliphatic rings. The molecule has 4 radical (unpaired) electrons. The van der Waals surface area contributed by atoms with Crippen LogP contribution in [0.3, 0.4) is 0 Å². The average molecular weight is 1440 g/mol. The fraction of sp³-hybridized carbons (Fsp3) is 0.319. The molecule has 10 nitrogen and oxygen atoms in total. The van der Waals surface area contributed by atoms with E-state index >= 15 is 0 Å². The van der Waals surface area contributed by atoms with Gasteiger partial charge in [-0.15, -0.1) is 0 Å². The van der Waals surface area contributed by atoms with Crippen LogP contribution in [-0.4, -0.2) is 84.3 Å². The molecule has 0 amide bonds. The SMILES string of the molecule is CC.CC.CC.CC.CC(NC(=NC1CCCCC1)NC1CCCCC1)=[N+](C)C.CC(OC(=O)n1ccnc1)c1ccc2c(c1)C(=O)c1ccccc1C2=O.CCCC[B-](c1ccccc1)(c1ccccc1)c1ccccc1.[B-].c1ccc(Sc2ccc([S+](c3ccccc3)c3ccccc3)cc2)cc1. The maximum absolute atomic E-state index is 12.8. The highest BCUT2D eigenvalue weighted by Crippen LogP contribution is 2.35. The van der Waals surface area contributed by atoms with Gasteiger partial charge in [0.15, 0.2) is 26.3 Å². The van der Waals surface area contributed by atoms with Crippen LogP contribution in [0.15, 0.2) is 297 Å². The van der Waals surface area contributed by atoms with Crippen molar-refractivity contribution in [3.8, 4) is 0 Å². The lowest BCUT2D eigenvalue weighted by Crippen LogP contribution is -2.66. The molecule has 3 aliphatic carbocycles. The van der Waals surface area contributed by atoms with E-state index < -0.39 is 18.3 Å². The number of imidazole rings is 1. The number of ether oxygens (including phenoxy) is 1. The van der Waals surface area contributed by atoms with Gasteiger partial charge in [0.25, 0.3) is 5.96 Å². The number of nitrogens with one attached hydrogen (secondary N) is 2. The third-order valence-electron chi connectivity index (χ3n) is 18.3. The van der Waals surface area contributed by atoms with Gasteiger partial charge in [0.1, 0.15) is 12.4 Å². The summed E-state index contributed by atoms with van der Waals surface area (Å²) in [4.78, 5) is 52.8. The number of aromatic nitrogens is 2. The summed E-state index contributed by atoms with van der Waals surface area (Å²) < 4.78 is 8.72. The van der Waals surface area contributed by atoms with Gasteiger partial charge >= 0.3 is 6.09 Å². The monoisotopic (exact) mass is 1440 g/mol. The van der Waals surface area contributed by atoms with E-state index in [4.69, 9.17) is 9.73 Å². The highest BCUT2D eigenvalue weighted by atomic mass is 32.2. The van der Waals surface area contributed by atoms with Crippen LogP contribution >= 0.6 is 11.8 Å². The molecule has 14 heteroatoms. The van der Waals surface area contributed by atoms with Gasteiger partial charge in [-0.25, -0.2) is 24.7 Å². The minimum Gasteiger partial charge on any atom is -1.00 e. The van der Waals surface area contributed by atoms with Crippen molar-refractivity contribution in [1.82, 2.24) is 20.2 Å². The van der Waals surface area contributed by atoms with Crippen molar-refractivity contribution in [1.29, 1.82) is 0 Å². The van der Waals surface area contributed by atoms with E-state index in [0.29, 0.717) is 39.9 Å². The van der Waals surface area contributed by atoms with Crippen LogP contribution in [-0.2, 0) is 15.6 Å². The third kappa shape index (κ3) is 25.5. The maximum Gasteiger partial charge on any atom is 0.419 e. The zero-order chi connectivity index (χ0) is 74.9. The third-order valence-corrected chi connectivity index (χ3v) is 21.6. The number of nitrogens with zero attached hydrogens (tertiary/aromatic N) is 4. The zero-order valence-electron chi connectivity index (χ0n) is 64.7. The van der Waals surface area contributed by atoms with E-state index in [0.717, 1.165) is 11.8 Å². The molecule has 0 aliphatic heterocycles. The maximum atomic E-state index is 12.8. The standard InChI is InChI=1S/C24H19S2.C22H24B.C20H14N2O4.C17H32N4.4C2H6.B/c1-4-10-20(11-5-1)25-21-16-18-24(19-17-21)26(22-12-6-2-7-13-22)23-14-8-3-9-15-23;1-2-3-19-23(20-13-7-4-8-14-20,21-15-9-5-10-16-21)22-17-11-6-12-18-22;1-12(26-20(25)22-9-8-21-11-22)13-6-7-16-17(10-13)19(24)15-5-3-2-4-14(15)18(16)23;1-14(21(2)3)18-17(19-15-10-6-4-7-11-15)20-16-12-8-5-9-13-16;4*1-2;/h1-19H;4-18H,2-3,19H2,1H3;2-12H,1H3;15-16H,4-13H2,1-3H3,(H,19,20);4*1-2H3;/q+1;-1;;;;;;;-1/p+1. The Morgan fingerprint density at radius 1 is 0.562 bits per heavy atom. The summed E-state index contributed by atoms with van der Waals surface area (Å²) in [6.07, 6.45) is 19.1. The van der Waals surface area contributed by atoms with Crippen LogP contribution in [0.2, 0.25) is 6.32 Å². The lowest BCUT2D eigenvalue weighted by Gasteiger charge is -2.43. The summed E-state index contributed by atoms with van der Waals surface area (Å²) in [6.45, 7) is 22.1. The molecule has 2 saturated carbocycles. The van der Waals surface area contributed by atoms with Crippen molar-refractivity contribution < 1.29 is 23.7 Å². The van der Waals surface area contributed by atoms with Crippen molar-refractivity contribution in [2.24, 2.45) is 4.99 Å². The van der Waals surface area contributed by atoms with E-state index in [-0.39, 0.29) is 30.9 Å². The van der Waals surface area contributed by atoms with E-state index in [9.17, 15) is 14.4 Å². The van der Waals surface area contributed by atoms with E-state index in [1.165, 1.54) is 148 Å². The van der Waals surface area contributed by atoms with E-state index in [1.807, 2.05) is 55.4 Å². The minimum atomic E-state index is -0.913. The van der Waals surface area contributed by atoms with Crippen molar-refractivity contribution in [3.63, 3.8) is 0 Å². The second-order valence-corrected chi connectivity index (χ2v) is 28.3. The molecule has 1 heterocycles. The quantitative estimate of drug-likeness (QED) is 0.0343. The Balaban J connectivity index is 0.000000243. The summed E-state index contributed by atoms with van der Waals surface area (Å²) in [7, 11) is 4.06. The fourth-order valence-corrected chi connectivity index (χ4v) is 15.9. The molecule has 2 fully saturated rings. The number of rotatable bonds is 15. The second kappa shape index (κ2) is 48.0. The molecule has 0 saturated heterocycles. The van der Waals surface area contributed by atoms with Crippen LogP contribution in [0, 0.1) is 0 Å². The molecule has 0 bridgehead atoms. The molecule has 550 valence electrons. The van der Waals surface area contributed by atoms with Crippen LogP contribution < -0.4 is 27.0 Å². The topological polar surface area (TPSA) is 118 Å². The molecule has 2 N–H and O–H groups in total. The van der Waals surface area contributed by atoms with Crippen LogP contribution in [0.5, 0.6) is 0 Å². The van der Waals surface area contributed by atoms with Crippen LogP contribution in [0.4, 0.5) is 4.79 Å². The normalized spacial score (nSPS) is 13.2. The van der Waals surface area contributed by atoms with E-state index in [2.05, 4.69) is 254 Å². The molecule has 1 unspecified atom stereocenters. The Hall–Kier alpha value is -9.23. The zero-order valence-corrected chi connectivity index (χ0v) is 66.4. The summed E-state index contributed by atoms with van der Waals surface area (Å²) in [5.74, 6) is 1.77. The highest BCUT2D eigenvalue weighted by Gasteiger charge is 2.32. The summed E-state index contributed by atoms with van der Waals surface area (Å²) in [5.41, 5.74) is 6.47. The van der Waals surface area contributed by atoms with Gasteiger partial charge in [0.2, 0.25) is 5.84 Å². The molecule has 10 aromatic rings. The first-order valence-electron chi connectivity index (χ1n) is 38.1. The predicted molar refractivity (Wildman–Crippen MR) is 449 cm³/mol. The molecule has 9 aromatic carbocycles. The smallest absolute Gasteiger partial charge is 0.419 e. The molecule has 0 spiro atoms. The van der Waals surface area contributed by atoms with Gasteiger partial charge in [0.05, 0.1) is 37.2 Å². The number of guanidine groups is 1. The Morgan fingerprint density at radius 2 is 0.981 bits per heavy atom. The lowest BCUT2D eigenvalue weighted by molar-refractivity contribution is -0.466. The van der Waals surface area contributed by atoms with Gasteiger partial charge in [-0.3, -0.25) is 14.2 Å². The highest BCUT2D eigenvalue weighted by molar-refractivity contribution is 7.99. The van der Waals surface area contributed by atoms with Crippen molar-refractivity contribution in [3.05, 3.63) is 295 Å². The Bertz CT molecular complexity index is 3980. The second-order valence-electron chi connectivity index (χ2n) is 25.1. The van der Waals surface area contributed by atoms with Gasteiger partial charge in [-0.2, -0.15) is 22.7 Å². The summed E-state index contributed by atoms with van der Waals surface area (Å²) >= 11 is 1.80. The van der Waals surface area contributed by atoms with Crippen molar-refractivity contribution in [2.45, 2.75) is 202 Å². The van der Waals surface area contributed by atoms with Gasteiger partial charge in [0, 0.05) is 57.4 Å². The Labute approximate surface area is 639 Å². The van der Waals surface area contributed by atoms with Crippen LogP contribution in [0.1, 0.15) is 197 Å². The Kier molecular flexibility index (Phi) is 39.5. The largest absolute Gasteiger partial charge is 1.00 e. The first kappa shape index (κ1) is 86.4. The number of carbonyl (C=O) groups excluding carboxylic acids is 3. The number of unbranched alkanes of at least 4 members (excludes halogenated alkanes) is 1. The van der Waals surface area contributed by atoms with Gasteiger partial charge < -0.3 is 18.5 Å². The predicted octanol–water partition coefficient (Wildman–Crippen LogP) is 20.9. The number of fused-ring (bicyclic) bond motifs is 2.